The molecule has 0 saturated carbocycles. The average Bonchev–Trinajstić information content (AvgIpc) is 2.49. The molecule has 0 fully saturated rings. The number of benzene rings is 2. The van der Waals surface area contributed by atoms with E-state index in [4.69, 9.17) is 10.5 Å². The number of para-hydroxylation sites is 1. The van der Waals surface area contributed by atoms with Crippen molar-refractivity contribution in [3.05, 3.63) is 42.0 Å². The summed E-state index contributed by atoms with van der Waals surface area (Å²) in [7, 11) is 0. The van der Waals surface area contributed by atoms with Gasteiger partial charge < -0.3 is 15.8 Å². The third kappa shape index (κ3) is 2.83. The zero-order valence-electron chi connectivity index (χ0n) is 11.7. The molecule has 5 heteroatoms. The van der Waals surface area contributed by atoms with E-state index in [2.05, 4.69) is 5.32 Å². The fraction of sp³-hybridized carbons (Fsp3) is 0.188. The molecule has 2 aromatic carbocycles. The van der Waals surface area contributed by atoms with Gasteiger partial charge in [-0.3, -0.25) is 4.79 Å². The van der Waals surface area contributed by atoms with E-state index in [0.717, 1.165) is 21.9 Å². The lowest BCUT2D eigenvalue weighted by molar-refractivity contribution is -0.116. The van der Waals surface area contributed by atoms with E-state index in [0.29, 0.717) is 24.3 Å². The molecule has 0 spiro atoms. The van der Waals surface area contributed by atoms with Gasteiger partial charge in [-0.2, -0.15) is 0 Å². The summed E-state index contributed by atoms with van der Waals surface area (Å²) < 4.78 is 5.94. The Bertz CT molecular complexity index is 701. The van der Waals surface area contributed by atoms with Gasteiger partial charge in [0.05, 0.1) is 5.69 Å². The Morgan fingerprint density at radius 1 is 1.19 bits per heavy atom. The van der Waals surface area contributed by atoms with Crippen LogP contribution in [-0.4, -0.2) is 12.2 Å². The highest BCUT2D eigenvalue weighted by atomic mass is 32.2. The molecule has 1 aliphatic rings. The Hall–Kier alpha value is -2.14. The molecule has 0 radical (unpaired) electrons. The van der Waals surface area contributed by atoms with Gasteiger partial charge in [0.25, 0.3) is 0 Å². The molecule has 1 amide bonds. The number of ether oxygens (including phenoxy) is 1. The molecule has 4 nitrogen and oxygen atoms in total. The van der Waals surface area contributed by atoms with Crippen LogP contribution in [-0.2, 0) is 11.2 Å². The average molecular weight is 300 g/mol. The first-order valence-electron chi connectivity index (χ1n) is 6.70. The summed E-state index contributed by atoms with van der Waals surface area (Å²) >= 11 is 1.61. The van der Waals surface area contributed by atoms with E-state index >= 15 is 0 Å². The number of fused-ring (bicyclic) bond motifs is 1. The van der Waals surface area contributed by atoms with Gasteiger partial charge in [-0.1, -0.05) is 12.1 Å². The fourth-order valence-corrected chi connectivity index (χ4v) is 2.86. The van der Waals surface area contributed by atoms with Gasteiger partial charge in [0.1, 0.15) is 5.75 Å². The van der Waals surface area contributed by atoms with Crippen molar-refractivity contribution in [1.82, 2.24) is 0 Å². The minimum Gasteiger partial charge on any atom is -0.454 e. The van der Waals surface area contributed by atoms with E-state index in [1.807, 2.05) is 36.6 Å². The SMILES string of the molecule is CSc1ccccc1Oc1cc2c(cc1N)CCC(=O)N2. The normalized spacial score (nSPS) is 13.5. The van der Waals surface area contributed by atoms with Crippen LogP contribution in [0, 0.1) is 0 Å². The predicted octanol–water partition coefficient (Wildman–Crippen LogP) is 3.67. The number of rotatable bonds is 3. The summed E-state index contributed by atoms with van der Waals surface area (Å²) in [6, 6.07) is 11.5. The number of amides is 1. The van der Waals surface area contributed by atoms with Gasteiger partial charge in [-0.05, 0) is 36.4 Å². The van der Waals surface area contributed by atoms with Gasteiger partial charge in [0.15, 0.2) is 5.75 Å². The first kappa shape index (κ1) is 13.8. The summed E-state index contributed by atoms with van der Waals surface area (Å²) in [4.78, 5) is 12.5. The van der Waals surface area contributed by atoms with Crippen molar-refractivity contribution in [2.45, 2.75) is 17.7 Å². The van der Waals surface area contributed by atoms with Gasteiger partial charge in [0, 0.05) is 23.1 Å². The highest BCUT2D eigenvalue weighted by Crippen LogP contribution is 2.37. The van der Waals surface area contributed by atoms with E-state index < -0.39 is 0 Å². The van der Waals surface area contributed by atoms with Crippen LogP contribution in [0.3, 0.4) is 0 Å². The number of hydrogen-bond acceptors (Lipinski definition) is 4. The Kier molecular flexibility index (Phi) is 3.75. The largest absolute Gasteiger partial charge is 0.454 e. The second kappa shape index (κ2) is 5.69. The van der Waals surface area contributed by atoms with Crippen LogP contribution in [0.4, 0.5) is 11.4 Å². The van der Waals surface area contributed by atoms with Crippen molar-refractivity contribution in [2.75, 3.05) is 17.3 Å². The van der Waals surface area contributed by atoms with Crippen LogP contribution >= 0.6 is 11.8 Å². The summed E-state index contributed by atoms with van der Waals surface area (Å²) in [5.41, 5.74) is 8.50. The summed E-state index contributed by atoms with van der Waals surface area (Å²) in [6.45, 7) is 0. The second-order valence-electron chi connectivity index (χ2n) is 4.85. The third-order valence-electron chi connectivity index (χ3n) is 3.42. The number of carbonyl (C=O) groups is 1. The van der Waals surface area contributed by atoms with E-state index in [1.54, 1.807) is 17.8 Å². The highest BCUT2D eigenvalue weighted by molar-refractivity contribution is 7.98. The van der Waals surface area contributed by atoms with Crippen molar-refractivity contribution in [1.29, 1.82) is 0 Å². The molecule has 3 N–H and O–H groups in total. The van der Waals surface area contributed by atoms with Crippen LogP contribution in [0.15, 0.2) is 41.3 Å². The summed E-state index contributed by atoms with van der Waals surface area (Å²) in [5.74, 6) is 1.36. The van der Waals surface area contributed by atoms with Crippen molar-refractivity contribution in [3.63, 3.8) is 0 Å². The van der Waals surface area contributed by atoms with Gasteiger partial charge in [-0.15, -0.1) is 11.8 Å². The van der Waals surface area contributed by atoms with E-state index in [-0.39, 0.29) is 5.91 Å². The minimum atomic E-state index is 0.0303. The van der Waals surface area contributed by atoms with E-state index in [1.165, 1.54) is 0 Å². The molecule has 0 atom stereocenters. The molecule has 21 heavy (non-hydrogen) atoms. The Balaban J connectivity index is 1.95. The zero-order valence-corrected chi connectivity index (χ0v) is 12.5. The van der Waals surface area contributed by atoms with Crippen LogP contribution in [0.1, 0.15) is 12.0 Å². The number of nitrogens with one attached hydrogen (secondary N) is 1. The maximum Gasteiger partial charge on any atom is 0.224 e. The molecule has 0 unspecified atom stereocenters. The fourth-order valence-electron chi connectivity index (χ4n) is 2.34. The zero-order chi connectivity index (χ0) is 14.8. The molecule has 1 aliphatic heterocycles. The number of anilines is 2. The molecule has 3 rings (SSSR count). The number of nitrogens with two attached hydrogens (primary N) is 1. The topological polar surface area (TPSA) is 64.3 Å². The van der Waals surface area contributed by atoms with Crippen molar-refractivity contribution < 1.29 is 9.53 Å². The lowest BCUT2D eigenvalue weighted by Gasteiger charge is -2.19. The van der Waals surface area contributed by atoms with Gasteiger partial charge in [-0.25, -0.2) is 0 Å². The number of aryl methyl sites for hydroxylation is 1. The molecule has 1 heterocycles. The lowest BCUT2D eigenvalue weighted by atomic mass is 10.0. The van der Waals surface area contributed by atoms with Crippen molar-refractivity contribution in [3.8, 4) is 11.5 Å². The first-order chi connectivity index (χ1) is 10.2. The number of nitrogen functional groups attached to an aromatic ring is 1. The second-order valence-corrected chi connectivity index (χ2v) is 5.70. The smallest absolute Gasteiger partial charge is 0.224 e. The Morgan fingerprint density at radius 2 is 2.00 bits per heavy atom. The quantitative estimate of drug-likeness (QED) is 0.670. The summed E-state index contributed by atoms with van der Waals surface area (Å²) in [5, 5.41) is 2.86. The van der Waals surface area contributed by atoms with Crippen LogP contribution in [0.2, 0.25) is 0 Å². The molecule has 108 valence electrons. The number of hydrogen-bond donors (Lipinski definition) is 2. The van der Waals surface area contributed by atoms with Crippen LogP contribution < -0.4 is 15.8 Å². The van der Waals surface area contributed by atoms with Crippen molar-refractivity contribution in [2.24, 2.45) is 0 Å². The molecule has 0 bridgehead atoms. The standard InChI is InChI=1S/C16H16N2O2S/c1-21-15-5-3-2-4-13(15)20-14-9-12-10(8-11(14)17)6-7-16(19)18-12/h2-5,8-9H,6-7,17H2,1H3,(H,18,19). The maximum absolute atomic E-state index is 11.5. The summed E-state index contributed by atoms with van der Waals surface area (Å²) in [6.07, 6.45) is 3.22. The monoisotopic (exact) mass is 300 g/mol. The molecule has 0 aromatic heterocycles. The Labute approximate surface area is 127 Å². The molecule has 0 aliphatic carbocycles. The van der Waals surface area contributed by atoms with Gasteiger partial charge in [0.2, 0.25) is 5.91 Å². The first-order valence-corrected chi connectivity index (χ1v) is 7.93. The lowest BCUT2D eigenvalue weighted by Crippen LogP contribution is -2.19. The predicted molar refractivity (Wildman–Crippen MR) is 86.1 cm³/mol. The molecular formula is C16H16N2O2S. The van der Waals surface area contributed by atoms with Gasteiger partial charge >= 0.3 is 0 Å². The molecule has 0 saturated heterocycles. The number of carbonyl (C=O) groups excluding carboxylic acids is 1. The molecular weight excluding hydrogens is 284 g/mol. The van der Waals surface area contributed by atoms with Crippen LogP contribution in [0.5, 0.6) is 11.5 Å². The maximum atomic E-state index is 11.5. The van der Waals surface area contributed by atoms with Crippen LogP contribution in [0.25, 0.3) is 0 Å². The highest BCUT2D eigenvalue weighted by Gasteiger charge is 2.17. The van der Waals surface area contributed by atoms with E-state index in [9.17, 15) is 4.79 Å². The number of thioether (sulfide) groups is 1. The van der Waals surface area contributed by atoms with Crippen molar-refractivity contribution >= 4 is 29.0 Å². The minimum absolute atomic E-state index is 0.0303. The Morgan fingerprint density at radius 3 is 2.81 bits per heavy atom. The third-order valence-corrected chi connectivity index (χ3v) is 4.20. The molecule has 2 aromatic rings.